The zero-order chi connectivity index (χ0) is 40.5. The van der Waals surface area contributed by atoms with Gasteiger partial charge in [0.25, 0.3) is 0 Å². The van der Waals surface area contributed by atoms with Crippen molar-refractivity contribution in [2.24, 2.45) is 0 Å². The number of pyridine rings is 4. The Morgan fingerprint density at radius 1 is 0.500 bits per heavy atom. The Balaban J connectivity index is 0.000000393. The normalized spacial score (nSPS) is 9.60. The minimum absolute atomic E-state index is 0. The third kappa shape index (κ3) is 12.0. The molecule has 0 atom stereocenters. The van der Waals surface area contributed by atoms with Crippen LogP contribution in [0.15, 0.2) is 121 Å². The predicted octanol–water partition coefficient (Wildman–Crippen LogP) is -1.97. The van der Waals surface area contributed by atoms with E-state index in [1.54, 1.807) is 0 Å². The van der Waals surface area contributed by atoms with Crippen molar-refractivity contribution in [3.8, 4) is 11.5 Å². The van der Waals surface area contributed by atoms with Crippen LogP contribution in [0.3, 0.4) is 0 Å². The molecular weight excluding hydrogens is 831 g/mol. The number of fused-ring (bicyclic) bond motifs is 4. The molecule has 20 heteroatoms. The average Bonchev–Trinajstić information content (AvgIpc) is 3.18. The van der Waals surface area contributed by atoms with Crippen molar-refractivity contribution in [3.63, 3.8) is 0 Å². The molecule has 1 radical (unpaired) electrons. The molecule has 0 unspecified atom stereocenters. The first-order valence-electron chi connectivity index (χ1n) is 16.2. The van der Waals surface area contributed by atoms with Crippen LogP contribution >= 0.6 is 0 Å². The maximum Gasteiger partial charge on any atom is 2.00 e. The van der Waals surface area contributed by atoms with E-state index in [4.69, 9.17) is 21.7 Å². The summed E-state index contributed by atoms with van der Waals surface area (Å²) in [6, 6.07) is 35.3. The van der Waals surface area contributed by atoms with Crippen LogP contribution in [0.4, 0.5) is 11.4 Å². The summed E-state index contributed by atoms with van der Waals surface area (Å²) in [5.74, 6) is -7.72. The Labute approximate surface area is 348 Å². The molecule has 0 spiro atoms. The molecule has 0 amide bonds. The number of hydrogen-bond donors (Lipinski definition) is 4. The van der Waals surface area contributed by atoms with E-state index in [1.165, 1.54) is 0 Å². The number of nitrogens with one attached hydrogen (secondary N) is 2. The minimum atomic E-state index is -1.68. The van der Waals surface area contributed by atoms with Gasteiger partial charge in [0.1, 0.15) is 11.4 Å². The van der Waals surface area contributed by atoms with Gasteiger partial charge in [-0.05, 0) is 36.4 Å². The van der Waals surface area contributed by atoms with Crippen molar-refractivity contribution in [1.29, 1.82) is 0 Å². The summed E-state index contributed by atoms with van der Waals surface area (Å²) in [5, 5.41) is 63.0. The summed E-state index contributed by atoms with van der Waals surface area (Å²) in [6.07, 6.45) is 0. The number of aromatic carboxylic acids is 4. The topological polar surface area (TPSA) is 402 Å². The smallest absolute Gasteiger partial charge is 0.872 e. The molecule has 0 aliphatic rings. The third-order valence-electron chi connectivity index (χ3n) is 7.86. The molecule has 0 aliphatic heterocycles. The van der Waals surface area contributed by atoms with Crippen LogP contribution in [0.5, 0.6) is 11.5 Å². The van der Waals surface area contributed by atoms with E-state index in [2.05, 4.69) is 19.9 Å². The van der Waals surface area contributed by atoms with Crippen molar-refractivity contribution in [3.05, 3.63) is 144 Å². The van der Waals surface area contributed by atoms with Crippen molar-refractivity contribution in [1.82, 2.24) is 9.97 Å². The van der Waals surface area contributed by atoms with E-state index >= 15 is 0 Å². The quantitative estimate of drug-likeness (QED) is 0.140. The molecule has 0 saturated heterocycles. The van der Waals surface area contributed by atoms with Gasteiger partial charge in [0.15, 0.2) is 0 Å². The number of benzene rings is 4. The first-order chi connectivity index (χ1) is 26.7. The summed E-state index contributed by atoms with van der Waals surface area (Å²) in [7, 11) is 0. The van der Waals surface area contributed by atoms with Gasteiger partial charge < -0.3 is 72.9 Å². The van der Waals surface area contributed by atoms with Gasteiger partial charge in [0, 0.05) is 36.4 Å². The number of nitrogens with zero attached hydrogens (tertiary/aromatic N) is 2. The molecule has 0 bridgehead atoms. The molecule has 0 fully saturated rings. The largest absolute Gasteiger partial charge is 2.00 e. The van der Waals surface area contributed by atoms with E-state index in [1.807, 2.05) is 97.1 Å². The second kappa shape index (κ2) is 22.1. The Hall–Kier alpha value is -8.01. The number of carbonyl (C=O) groups excluding carboxylic acids is 3. The average molecular weight is 866 g/mol. The van der Waals surface area contributed by atoms with Gasteiger partial charge >= 0.3 is 22.7 Å². The molecule has 4 aromatic carbocycles. The van der Waals surface area contributed by atoms with Crippen LogP contribution in [0, 0.1) is 0 Å². The molecule has 4 heterocycles. The molecule has 0 saturated carbocycles. The number of carbonyl (C=O) groups is 4. The van der Waals surface area contributed by atoms with Gasteiger partial charge in [-0.15, -0.1) is 5.75 Å². The Bertz CT molecular complexity index is 2450. The second-order valence-corrected chi connectivity index (χ2v) is 11.6. The number of nitrogen functional groups attached to an aromatic ring is 2. The second-order valence-electron chi connectivity index (χ2n) is 11.6. The van der Waals surface area contributed by atoms with Gasteiger partial charge in [0.2, 0.25) is 22.1 Å². The fourth-order valence-electron chi connectivity index (χ4n) is 5.33. The van der Waals surface area contributed by atoms with Gasteiger partial charge in [0.05, 0.1) is 67.9 Å². The van der Waals surface area contributed by atoms with Crippen molar-refractivity contribution >= 4 is 78.9 Å². The molecule has 4 aromatic heterocycles. The number of carboxylic acid groups (broad SMARTS) is 4. The number of rotatable bonds is 4. The molecule has 0 aliphatic carbocycles. The number of hydrogen-bond acceptors (Lipinski definition) is 13. The molecular formula is C40H34CoN6O13. The number of aromatic nitrogens is 4. The van der Waals surface area contributed by atoms with E-state index in [0.717, 1.165) is 73.2 Å². The number of anilines is 2. The Morgan fingerprint density at radius 3 is 1.07 bits per heavy atom. The summed E-state index contributed by atoms with van der Waals surface area (Å²) < 4.78 is 0. The maximum atomic E-state index is 10.7. The molecule has 60 heavy (non-hydrogen) atoms. The van der Waals surface area contributed by atoms with Crippen LogP contribution in [-0.4, -0.2) is 60.5 Å². The number of aromatic amines is 2. The van der Waals surface area contributed by atoms with Gasteiger partial charge in [-0.3, -0.25) is 0 Å². The van der Waals surface area contributed by atoms with Crippen LogP contribution in [0.1, 0.15) is 42.0 Å². The van der Waals surface area contributed by atoms with Gasteiger partial charge in [-0.2, -0.15) is 0 Å². The molecule has 8 rings (SSSR count). The van der Waals surface area contributed by atoms with Crippen molar-refractivity contribution in [2.75, 3.05) is 11.5 Å². The van der Waals surface area contributed by atoms with Crippen LogP contribution in [0.25, 0.3) is 43.6 Å². The fourth-order valence-corrected chi connectivity index (χ4v) is 5.33. The Kier molecular flexibility index (Phi) is 18.4. The number of nitrogens with two attached hydrogens (primary N) is 2. The van der Waals surface area contributed by atoms with Gasteiger partial charge in [-0.25, -0.2) is 24.7 Å². The van der Waals surface area contributed by atoms with Crippen molar-refractivity contribution < 1.29 is 93.0 Å². The van der Waals surface area contributed by atoms with Gasteiger partial charge in [-0.1, -0.05) is 48.5 Å². The number of aromatic hydroxyl groups is 1. The van der Waals surface area contributed by atoms with E-state index in [-0.39, 0.29) is 33.2 Å². The number of para-hydroxylation sites is 4. The monoisotopic (exact) mass is 865 g/mol. The fraction of sp³-hybridized carbons (Fsp3) is 0. The molecule has 8 aromatic rings. The summed E-state index contributed by atoms with van der Waals surface area (Å²) in [6.45, 7) is 0. The summed E-state index contributed by atoms with van der Waals surface area (Å²) >= 11 is 0. The van der Waals surface area contributed by atoms with Crippen LogP contribution in [0.2, 0.25) is 0 Å². The summed E-state index contributed by atoms with van der Waals surface area (Å²) in [4.78, 5) is 54.1. The van der Waals surface area contributed by atoms with E-state index in [0.29, 0.717) is 6.07 Å². The zero-order valence-electron chi connectivity index (χ0n) is 30.6. The van der Waals surface area contributed by atoms with Crippen molar-refractivity contribution in [2.45, 2.75) is 0 Å². The predicted molar refractivity (Wildman–Crippen MR) is 205 cm³/mol. The van der Waals surface area contributed by atoms with Crippen LogP contribution in [-0.2, 0) is 16.8 Å². The maximum absolute atomic E-state index is 10.7. The third-order valence-corrected chi connectivity index (χ3v) is 7.86. The minimum Gasteiger partial charge on any atom is -0.872 e. The number of H-pyrrole nitrogens is 2. The van der Waals surface area contributed by atoms with Crippen LogP contribution < -0.4 is 41.9 Å². The molecule has 311 valence electrons. The SMILES string of the molecule is Nc1c2ccccc2[nH+]c2ccccc12.Nc1c2ccccc2[nH+]c2ccccc12.O.O.O.O=C([O-])c1cc(O)cc(C(=O)[O-])n1.O=C([O-])c1cc([O-])cc(C(=O)O)n1.[Co+2]. The zero-order valence-corrected chi connectivity index (χ0v) is 31.6. The first kappa shape index (κ1) is 50.0. The van der Waals surface area contributed by atoms with E-state index < -0.39 is 58.2 Å². The molecule has 14 N–H and O–H groups in total. The summed E-state index contributed by atoms with van der Waals surface area (Å²) in [5.41, 5.74) is 15.7. The number of carboxylic acids is 4. The standard InChI is InChI=1S/2C13H10N2.2C7H5NO5.Co.3H2O/c2*14-13-9-5-1-3-7-11(9)15-12-8-4-2-6-10(12)13;2*9-3-1-4(6(10)11)8-5(2-3)7(12)13;;;;/h2*1-8H,(H2,14,15);2*1-2H,(H,8,9)(H,10,11)(H,12,13);;3*1H2/q;;;;+2;;;/p-2. The molecule has 19 nitrogen and oxygen atoms in total. The van der Waals surface area contributed by atoms with E-state index in [9.17, 15) is 39.6 Å². The first-order valence-corrected chi connectivity index (χ1v) is 16.2. The Morgan fingerprint density at radius 2 is 0.767 bits per heavy atom.